The predicted molar refractivity (Wildman–Crippen MR) is 87.1 cm³/mol. The van der Waals surface area contributed by atoms with Gasteiger partial charge in [-0.1, -0.05) is 0 Å². The van der Waals surface area contributed by atoms with E-state index in [0.717, 1.165) is 5.56 Å². The minimum atomic E-state index is -0.116. The monoisotopic (exact) mass is 335 g/mol. The van der Waals surface area contributed by atoms with E-state index >= 15 is 0 Å². The lowest BCUT2D eigenvalue weighted by molar-refractivity contribution is 0.0924. The molecule has 4 heterocycles. The highest BCUT2D eigenvalue weighted by Crippen LogP contribution is 2.35. The summed E-state index contributed by atoms with van der Waals surface area (Å²) in [6.07, 6.45) is 1.68. The number of nitrogens with zero attached hydrogens (tertiary/aromatic N) is 4. The summed E-state index contributed by atoms with van der Waals surface area (Å²) in [5.41, 5.74) is 2.69. The van der Waals surface area contributed by atoms with Gasteiger partial charge in [0.15, 0.2) is 17.3 Å². The molecular formula is C17H13N5O3. The van der Waals surface area contributed by atoms with Crippen molar-refractivity contribution in [1.29, 1.82) is 0 Å². The summed E-state index contributed by atoms with van der Waals surface area (Å²) in [4.78, 5) is 20.8. The average Bonchev–Trinajstić information content (AvgIpc) is 3.28. The number of hydrogen-bond donors (Lipinski definition) is 1. The number of rotatable bonds is 2. The van der Waals surface area contributed by atoms with Gasteiger partial charge >= 0.3 is 0 Å². The highest BCUT2D eigenvalue weighted by Gasteiger charge is 2.21. The summed E-state index contributed by atoms with van der Waals surface area (Å²) in [6.45, 7) is 1.46. The number of hydrogen-bond acceptors (Lipinski definition) is 6. The van der Waals surface area contributed by atoms with E-state index in [4.69, 9.17) is 9.47 Å². The number of fused-ring (bicyclic) bond motifs is 2. The van der Waals surface area contributed by atoms with E-state index in [0.29, 0.717) is 47.5 Å². The van der Waals surface area contributed by atoms with Crippen molar-refractivity contribution in [3.63, 3.8) is 0 Å². The Balaban J connectivity index is 1.54. The Morgan fingerprint density at radius 2 is 2.00 bits per heavy atom. The Kier molecular flexibility index (Phi) is 2.96. The van der Waals surface area contributed by atoms with Crippen LogP contribution in [0.3, 0.4) is 0 Å². The largest absolute Gasteiger partial charge is 0.454 e. The predicted octanol–water partition coefficient (Wildman–Crippen LogP) is 1.48. The molecule has 0 aliphatic carbocycles. The molecule has 25 heavy (non-hydrogen) atoms. The van der Waals surface area contributed by atoms with E-state index < -0.39 is 0 Å². The molecule has 2 aromatic heterocycles. The molecule has 8 nitrogen and oxygen atoms in total. The first-order valence-electron chi connectivity index (χ1n) is 7.87. The summed E-state index contributed by atoms with van der Waals surface area (Å²) in [5.74, 6) is 1.84. The van der Waals surface area contributed by atoms with Crippen LogP contribution in [-0.4, -0.2) is 39.0 Å². The lowest BCUT2D eigenvalue weighted by atomic mass is 10.2. The number of benzene rings is 1. The van der Waals surface area contributed by atoms with Crippen LogP contribution in [-0.2, 0) is 6.54 Å². The molecular weight excluding hydrogens is 322 g/mol. The first-order valence-corrected chi connectivity index (χ1v) is 7.87. The second kappa shape index (κ2) is 5.30. The number of aromatic nitrogens is 4. The van der Waals surface area contributed by atoms with Crippen molar-refractivity contribution in [1.82, 2.24) is 25.1 Å². The lowest BCUT2D eigenvalue weighted by Crippen LogP contribution is -2.35. The molecule has 2 aliphatic rings. The maximum atomic E-state index is 11.9. The van der Waals surface area contributed by atoms with Crippen LogP contribution in [0.15, 0.2) is 36.5 Å². The van der Waals surface area contributed by atoms with Crippen molar-refractivity contribution in [2.75, 3.05) is 13.3 Å². The summed E-state index contributed by atoms with van der Waals surface area (Å²) in [6, 6.07) is 9.11. The molecule has 0 spiro atoms. The van der Waals surface area contributed by atoms with Gasteiger partial charge in [-0.25, -0.2) is 9.97 Å². The van der Waals surface area contributed by atoms with Crippen LogP contribution in [0.25, 0.3) is 22.8 Å². The van der Waals surface area contributed by atoms with Gasteiger partial charge in [-0.3, -0.25) is 9.48 Å². The molecule has 0 bridgehead atoms. The Morgan fingerprint density at radius 3 is 2.92 bits per heavy atom. The van der Waals surface area contributed by atoms with Crippen LogP contribution < -0.4 is 14.8 Å². The highest BCUT2D eigenvalue weighted by molar-refractivity contribution is 5.94. The normalized spacial score (nSPS) is 15.0. The zero-order chi connectivity index (χ0) is 16.8. The Bertz CT molecular complexity index is 998. The maximum Gasteiger partial charge on any atom is 0.269 e. The van der Waals surface area contributed by atoms with Crippen molar-refractivity contribution in [3.8, 4) is 34.3 Å². The third-order valence-electron chi connectivity index (χ3n) is 4.17. The first-order chi connectivity index (χ1) is 12.3. The third kappa shape index (κ3) is 2.30. The van der Waals surface area contributed by atoms with Crippen LogP contribution in [0.5, 0.6) is 11.5 Å². The van der Waals surface area contributed by atoms with Crippen LogP contribution in [0, 0.1) is 0 Å². The summed E-state index contributed by atoms with van der Waals surface area (Å²) < 4.78 is 12.4. The van der Waals surface area contributed by atoms with E-state index in [1.54, 1.807) is 23.0 Å². The van der Waals surface area contributed by atoms with Gasteiger partial charge in [-0.05, 0) is 30.3 Å². The van der Waals surface area contributed by atoms with E-state index in [1.165, 1.54) is 0 Å². The number of amides is 1. The van der Waals surface area contributed by atoms with Gasteiger partial charge in [-0.2, -0.15) is 5.10 Å². The number of carbonyl (C=O) groups is 1. The Morgan fingerprint density at radius 1 is 1.08 bits per heavy atom. The first kappa shape index (κ1) is 14.0. The zero-order valence-corrected chi connectivity index (χ0v) is 13.1. The average molecular weight is 335 g/mol. The van der Waals surface area contributed by atoms with Crippen LogP contribution in [0.2, 0.25) is 0 Å². The Hall–Kier alpha value is -3.42. The highest BCUT2D eigenvalue weighted by atomic mass is 16.7. The van der Waals surface area contributed by atoms with Crippen LogP contribution in [0.4, 0.5) is 0 Å². The SMILES string of the molecule is O=C1NCCn2nc(-c3ccnc(-c4ccc5c(c4)OCO5)n3)cc21. The van der Waals surface area contributed by atoms with E-state index in [9.17, 15) is 4.79 Å². The van der Waals surface area contributed by atoms with Gasteiger partial charge in [0.05, 0.1) is 12.2 Å². The number of nitrogens with one attached hydrogen (secondary N) is 1. The molecule has 0 saturated heterocycles. The van der Waals surface area contributed by atoms with E-state index in [2.05, 4.69) is 20.4 Å². The van der Waals surface area contributed by atoms with Crippen molar-refractivity contribution in [2.45, 2.75) is 6.54 Å². The third-order valence-corrected chi connectivity index (χ3v) is 4.17. The lowest BCUT2D eigenvalue weighted by Gasteiger charge is -2.13. The number of carbonyl (C=O) groups excluding carboxylic acids is 1. The fourth-order valence-electron chi connectivity index (χ4n) is 2.94. The Labute approximate surface area is 142 Å². The minimum absolute atomic E-state index is 0.116. The topological polar surface area (TPSA) is 91.2 Å². The quantitative estimate of drug-likeness (QED) is 0.763. The molecule has 1 aromatic carbocycles. The second-order valence-corrected chi connectivity index (χ2v) is 5.73. The van der Waals surface area contributed by atoms with E-state index in [-0.39, 0.29) is 12.7 Å². The van der Waals surface area contributed by atoms with Crippen LogP contribution >= 0.6 is 0 Å². The molecule has 1 N–H and O–H groups in total. The van der Waals surface area contributed by atoms with Gasteiger partial charge in [0.1, 0.15) is 11.4 Å². The van der Waals surface area contributed by atoms with E-state index in [1.807, 2.05) is 18.2 Å². The molecule has 0 saturated carbocycles. The molecule has 0 unspecified atom stereocenters. The van der Waals surface area contributed by atoms with Gasteiger partial charge < -0.3 is 14.8 Å². The smallest absolute Gasteiger partial charge is 0.269 e. The standard InChI is InChI=1S/C17H13N5O3/c23-17-13-8-12(21-22(13)6-5-19-17)11-3-4-18-16(20-11)10-1-2-14-15(7-10)25-9-24-14/h1-4,7-8H,5-6,9H2,(H,19,23). The zero-order valence-electron chi connectivity index (χ0n) is 13.1. The van der Waals surface area contributed by atoms with Crippen molar-refractivity contribution < 1.29 is 14.3 Å². The van der Waals surface area contributed by atoms with Gasteiger partial charge in [0.25, 0.3) is 5.91 Å². The molecule has 0 radical (unpaired) electrons. The fraction of sp³-hybridized carbons (Fsp3) is 0.176. The summed E-state index contributed by atoms with van der Waals surface area (Å²) in [5, 5.41) is 7.29. The summed E-state index contributed by atoms with van der Waals surface area (Å²) >= 11 is 0. The van der Waals surface area contributed by atoms with Crippen LogP contribution in [0.1, 0.15) is 10.5 Å². The van der Waals surface area contributed by atoms with Crippen molar-refractivity contribution >= 4 is 5.91 Å². The summed E-state index contributed by atoms with van der Waals surface area (Å²) in [7, 11) is 0. The molecule has 2 aliphatic heterocycles. The number of ether oxygens (including phenoxy) is 2. The molecule has 0 fully saturated rings. The molecule has 1 amide bonds. The molecule has 8 heteroatoms. The van der Waals surface area contributed by atoms with Gasteiger partial charge in [0.2, 0.25) is 6.79 Å². The van der Waals surface area contributed by atoms with Crippen molar-refractivity contribution in [3.05, 3.63) is 42.2 Å². The molecule has 0 atom stereocenters. The fourth-order valence-corrected chi connectivity index (χ4v) is 2.94. The van der Waals surface area contributed by atoms with Crippen molar-refractivity contribution in [2.24, 2.45) is 0 Å². The van der Waals surface area contributed by atoms with Gasteiger partial charge in [-0.15, -0.1) is 0 Å². The van der Waals surface area contributed by atoms with Gasteiger partial charge in [0, 0.05) is 18.3 Å². The second-order valence-electron chi connectivity index (χ2n) is 5.73. The minimum Gasteiger partial charge on any atom is -0.454 e. The maximum absolute atomic E-state index is 11.9. The molecule has 124 valence electrons. The molecule has 3 aromatic rings. The molecule has 5 rings (SSSR count).